The molecule has 0 atom stereocenters. The van der Waals surface area contributed by atoms with Gasteiger partial charge in [-0.25, -0.2) is 0 Å². The molecule has 0 N–H and O–H groups in total. The van der Waals surface area contributed by atoms with Crippen molar-refractivity contribution in [3.63, 3.8) is 0 Å². The molecule has 0 spiro atoms. The van der Waals surface area contributed by atoms with Crippen LogP contribution in [-0.4, -0.2) is 12.6 Å². The molecule has 0 heterocycles. The van der Waals surface area contributed by atoms with Crippen molar-refractivity contribution >= 4 is 10.6 Å². The van der Waals surface area contributed by atoms with Gasteiger partial charge >= 0.3 is 40.2 Å². The van der Waals surface area contributed by atoms with E-state index in [9.17, 15) is 0 Å². The van der Waals surface area contributed by atoms with Gasteiger partial charge < -0.3 is 6.92 Å². The molecule has 0 aliphatic rings. The van der Waals surface area contributed by atoms with E-state index in [1.165, 1.54) is 0 Å². The molecule has 0 bridgehead atoms. The first-order valence-corrected chi connectivity index (χ1v) is 2.71. The maximum absolute atomic E-state index is 8.44. The number of hydrogen-bond donors (Lipinski definition) is 0. The van der Waals surface area contributed by atoms with Crippen LogP contribution in [0.2, 0.25) is 0 Å². The third kappa shape index (κ3) is 544. The summed E-state index contributed by atoms with van der Waals surface area (Å²) >= 11 is 0. The zero-order valence-corrected chi connectivity index (χ0v) is 7.86. The van der Waals surface area contributed by atoms with E-state index in [0.717, 1.165) is 6.42 Å². The summed E-state index contributed by atoms with van der Waals surface area (Å²) in [4.78, 5) is 0. The Hall–Kier alpha value is 0.620. The molecule has 0 unspecified atom stereocenters. The van der Waals surface area contributed by atoms with Crippen molar-refractivity contribution in [2.45, 2.75) is 13.3 Å². The van der Waals surface area contributed by atoms with Gasteiger partial charge in [-0.05, 0) is 0 Å². The molecule has 0 aromatic rings. The molecule has 3 nitrogen and oxygen atoms in total. The first-order valence-electron chi connectivity index (χ1n) is 1.71. The van der Waals surface area contributed by atoms with Gasteiger partial charge in [-0.3, -0.25) is 0 Å². The Morgan fingerprint density at radius 3 is 1.38 bits per heavy atom. The van der Waals surface area contributed by atoms with E-state index < -0.39 is 10.6 Å². The fourth-order valence-corrected chi connectivity index (χ4v) is 0. The fraction of sp³-hybridized carbons (Fsp3) is 0.667. The summed E-state index contributed by atoms with van der Waals surface area (Å²) < 4.78 is 25.3. The van der Waals surface area contributed by atoms with Gasteiger partial charge in [0.2, 0.25) is 0 Å². The molecule has 44 valence electrons. The molecule has 0 amide bonds. The van der Waals surface area contributed by atoms with Gasteiger partial charge in [0.05, 0.1) is 0 Å². The summed E-state index contributed by atoms with van der Waals surface area (Å²) in [6, 6.07) is 0. The normalized spacial score (nSPS) is 5.25. The summed E-state index contributed by atoms with van der Waals surface area (Å²) in [5.74, 6) is 0. The van der Waals surface area contributed by atoms with Crippen LogP contribution >= 0.6 is 0 Å². The van der Waals surface area contributed by atoms with Crippen LogP contribution in [0.15, 0.2) is 0 Å². The van der Waals surface area contributed by atoms with E-state index in [1.54, 1.807) is 0 Å². The van der Waals surface area contributed by atoms with Gasteiger partial charge in [0.1, 0.15) is 0 Å². The quantitative estimate of drug-likeness (QED) is 0.274. The van der Waals surface area contributed by atoms with Crippen LogP contribution in [0.3, 0.4) is 0 Å². The van der Waals surface area contributed by atoms with Crippen LogP contribution in [0.4, 0.5) is 0 Å². The van der Waals surface area contributed by atoms with Crippen molar-refractivity contribution in [1.29, 1.82) is 0 Å². The van der Waals surface area contributed by atoms with Crippen molar-refractivity contribution in [1.82, 2.24) is 0 Å². The molecule has 0 fully saturated rings. The zero-order valence-electron chi connectivity index (χ0n) is 5.05. The van der Waals surface area contributed by atoms with E-state index in [4.69, 9.17) is 12.6 Å². The summed E-state index contributed by atoms with van der Waals surface area (Å²) in [5.41, 5.74) is 0. The fourth-order valence-electron chi connectivity index (χ4n) is 0. The summed E-state index contributed by atoms with van der Waals surface area (Å²) in [6.07, 6.45) is 1.00. The molecule has 0 rings (SSSR count). The van der Waals surface area contributed by atoms with Crippen LogP contribution in [-0.2, 0) is 10.6 Å². The third-order valence-electron chi connectivity index (χ3n) is 0. The molecule has 0 aliphatic heterocycles. The van der Waals surface area contributed by atoms with Gasteiger partial charge in [-0.15, -0.1) is 12.6 Å². The second kappa shape index (κ2) is 15.6. The second-order valence-electron chi connectivity index (χ2n) is 0.704. The van der Waals surface area contributed by atoms with E-state index in [-0.39, 0.29) is 29.6 Å². The average Bonchev–Trinajstić information content (AvgIpc) is 1.33. The Labute approximate surface area is 72.8 Å². The zero-order chi connectivity index (χ0) is 6.28. The van der Waals surface area contributed by atoms with Crippen LogP contribution in [0.1, 0.15) is 13.3 Å². The van der Waals surface area contributed by atoms with Crippen molar-refractivity contribution in [3.05, 3.63) is 6.92 Å². The summed E-state index contributed by atoms with van der Waals surface area (Å²) in [7, 11) is -3.11. The van der Waals surface area contributed by atoms with E-state index in [2.05, 4.69) is 6.92 Å². The van der Waals surface area contributed by atoms with Crippen molar-refractivity contribution in [2.24, 2.45) is 0 Å². The maximum atomic E-state index is 8.44. The van der Waals surface area contributed by atoms with Crippen LogP contribution < -0.4 is 29.6 Å². The average molecular weight is 146 g/mol. The monoisotopic (exact) mass is 146 g/mol. The molecule has 0 aromatic carbocycles. The Balaban J connectivity index is -0.0000000575. The first-order chi connectivity index (χ1) is 3.15. The first kappa shape index (κ1) is 15.8. The Morgan fingerprint density at radius 1 is 1.38 bits per heavy atom. The van der Waals surface area contributed by atoms with Gasteiger partial charge in [0.25, 0.3) is 0 Å². The largest absolute Gasteiger partial charge is 1.00 e. The molecule has 0 aromatic heterocycles. The Bertz CT molecular complexity index is 94.7. The predicted octanol–water partition coefficient (Wildman–Crippen LogP) is -2.77. The Morgan fingerprint density at radius 2 is 1.38 bits per heavy atom. The van der Waals surface area contributed by atoms with Crippen molar-refractivity contribution in [2.75, 3.05) is 0 Å². The predicted molar refractivity (Wildman–Crippen MR) is 25.3 cm³/mol. The molecule has 0 aliphatic carbocycles. The topological polar surface area (TPSA) is 51.2 Å². The minimum Gasteiger partial charge on any atom is -0.344 e. The Kier molecular flexibility index (Phi) is 31.0. The number of hydrogen-bond acceptors (Lipinski definition) is 3. The minimum absolute atomic E-state index is 0. The smallest absolute Gasteiger partial charge is 0.344 e. The van der Waals surface area contributed by atoms with Crippen LogP contribution in [0.25, 0.3) is 0 Å². The van der Waals surface area contributed by atoms with Crippen molar-refractivity contribution < 1.29 is 42.2 Å². The van der Waals surface area contributed by atoms with Gasteiger partial charge in [0, 0.05) is 0 Å². The molecule has 0 saturated carbocycles. The second-order valence-corrected chi connectivity index (χ2v) is 1.11. The summed E-state index contributed by atoms with van der Waals surface area (Å²) in [5, 5.41) is 0. The van der Waals surface area contributed by atoms with E-state index in [0.29, 0.717) is 0 Å². The van der Waals surface area contributed by atoms with Gasteiger partial charge in [-0.1, -0.05) is 6.92 Å². The van der Waals surface area contributed by atoms with Crippen LogP contribution in [0, 0.1) is 6.92 Å². The van der Waals surface area contributed by atoms with Gasteiger partial charge in [0.15, 0.2) is 0 Å². The van der Waals surface area contributed by atoms with Crippen LogP contribution in [0.5, 0.6) is 0 Å². The van der Waals surface area contributed by atoms with Crippen molar-refractivity contribution in [3.8, 4) is 0 Å². The molecular formula is C3H7NaO3S. The van der Waals surface area contributed by atoms with Gasteiger partial charge in [-0.2, -0.15) is 6.42 Å². The molecule has 8 heavy (non-hydrogen) atoms. The third-order valence-corrected chi connectivity index (χ3v) is 0. The molecule has 5 heteroatoms. The SMILES string of the molecule is O=S(=O)=O.[CH2-]CC.[Na+]. The number of rotatable bonds is 0. The molecular weight excluding hydrogens is 139 g/mol. The summed E-state index contributed by atoms with van der Waals surface area (Å²) in [6.45, 7) is 5.50. The van der Waals surface area contributed by atoms with E-state index >= 15 is 0 Å². The minimum atomic E-state index is -3.11. The van der Waals surface area contributed by atoms with E-state index in [1.807, 2.05) is 6.92 Å². The maximum Gasteiger partial charge on any atom is 1.00 e. The molecule has 0 radical (unpaired) electrons. The standard InChI is InChI=1S/C3H7.Na.O3S/c1-3-2;;1-4(2)3/h1,3H2,2H3;;/q-1;+1;. The molecule has 0 saturated heterocycles.